The van der Waals surface area contributed by atoms with Crippen molar-refractivity contribution in [1.29, 1.82) is 0 Å². The van der Waals surface area contributed by atoms with Crippen LogP contribution in [-0.2, 0) is 9.53 Å². The highest BCUT2D eigenvalue weighted by Crippen LogP contribution is 2.34. The summed E-state index contributed by atoms with van der Waals surface area (Å²) in [4.78, 5) is 11.5. The normalized spacial score (nSPS) is 12.6. The van der Waals surface area contributed by atoms with Crippen molar-refractivity contribution in [3.8, 4) is 0 Å². The number of benzene rings is 1. The van der Waals surface area contributed by atoms with Crippen LogP contribution in [0.2, 0.25) is 0 Å². The van der Waals surface area contributed by atoms with Crippen LogP contribution >= 0.6 is 12.4 Å². The van der Waals surface area contributed by atoms with E-state index >= 15 is 0 Å². The van der Waals surface area contributed by atoms with Crippen molar-refractivity contribution in [1.82, 2.24) is 0 Å². The molecule has 0 saturated heterocycles. The number of nitrogens with two attached hydrogens (primary N) is 1. The zero-order chi connectivity index (χ0) is 13.2. The van der Waals surface area contributed by atoms with E-state index in [1.807, 2.05) is 0 Å². The Hall–Kier alpha value is -1.20. The molecule has 0 aromatic heterocycles. The van der Waals surface area contributed by atoms with Gasteiger partial charge in [0.05, 0.1) is 18.6 Å². The van der Waals surface area contributed by atoms with Crippen LogP contribution in [-0.4, -0.2) is 13.1 Å². The van der Waals surface area contributed by atoms with Crippen LogP contribution in [0.15, 0.2) is 18.2 Å². The lowest BCUT2D eigenvalue weighted by atomic mass is 9.80. The molecule has 0 unspecified atom stereocenters. The van der Waals surface area contributed by atoms with E-state index < -0.39 is 29.1 Å². The standard InChI is InChI=1S/C12H15F2NO2.ClH/c1-12(2,11(16)17-3)10(15)9-7(13)5-4-6-8(9)14;/h4-6,10H,15H2,1-3H3;1H/t10-;/m0./s1. The Morgan fingerprint density at radius 1 is 1.33 bits per heavy atom. The molecule has 102 valence electrons. The monoisotopic (exact) mass is 279 g/mol. The topological polar surface area (TPSA) is 52.3 Å². The molecule has 0 spiro atoms. The summed E-state index contributed by atoms with van der Waals surface area (Å²) in [5.74, 6) is -2.16. The summed E-state index contributed by atoms with van der Waals surface area (Å²) in [6.07, 6.45) is 0. The lowest BCUT2D eigenvalue weighted by Gasteiger charge is -2.29. The Morgan fingerprint density at radius 2 is 1.78 bits per heavy atom. The summed E-state index contributed by atoms with van der Waals surface area (Å²) in [5, 5.41) is 0. The smallest absolute Gasteiger partial charge is 0.313 e. The van der Waals surface area contributed by atoms with Gasteiger partial charge in [-0.15, -0.1) is 12.4 Å². The molecule has 18 heavy (non-hydrogen) atoms. The molecule has 0 aliphatic carbocycles. The molecule has 6 heteroatoms. The van der Waals surface area contributed by atoms with Gasteiger partial charge in [-0.3, -0.25) is 4.79 Å². The van der Waals surface area contributed by atoms with Crippen molar-refractivity contribution in [3.63, 3.8) is 0 Å². The van der Waals surface area contributed by atoms with Crippen molar-refractivity contribution >= 4 is 18.4 Å². The Kier molecular flexibility index (Phi) is 5.70. The third-order valence-electron chi connectivity index (χ3n) is 2.80. The molecule has 0 aliphatic rings. The molecule has 1 aromatic carbocycles. The number of methoxy groups -OCH3 is 1. The van der Waals surface area contributed by atoms with Crippen LogP contribution in [0.25, 0.3) is 0 Å². The molecule has 1 aromatic rings. The first-order valence-electron chi connectivity index (χ1n) is 5.10. The van der Waals surface area contributed by atoms with E-state index in [4.69, 9.17) is 5.73 Å². The molecule has 1 atom stereocenters. The van der Waals surface area contributed by atoms with Crippen LogP contribution in [0.1, 0.15) is 25.5 Å². The van der Waals surface area contributed by atoms with Gasteiger partial charge in [0.1, 0.15) is 11.6 Å². The minimum atomic E-state index is -1.21. The fraction of sp³-hybridized carbons (Fsp3) is 0.417. The van der Waals surface area contributed by atoms with Gasteiger partial charge in [-0.2, -0.15) is 0 Å². The van der Waals surface area contributed by atoms with Gasteiger partial charge in [0, 0.05) is 5.56 Å². The summed E-state index contributed by atoms with van der Waals surface area (Å²) in [5.41, 5.74) is 4.26. The molecule has 0 fully saturated rings. The summed E-state index contributed by atoms with van der Waals surface area (Å²) in [7, 11) is 1.20. The van der Waals surface area contributed by atoms with Crippen molar-refractivity contribution < 1.29 is 18.3 Å². The van der Waals surface area contributed by atoms with Gasteiger partial charge >= 0.3 is 5.97 Å². The largest absolute Gasteiger partial charge is 0.469 e. The lowest BCUT2D eigenvalue weighted by Crippen LogP contribution is -2.38. The van der Waals surface area contributed by atoms with Crippen LogP contribution < -0.4 is 5.73 Å². The molecular weight excluding hydrogens is 264 g/mol. The van der Waals surface area contributed by atoms with Crippen LogP contribution in [0.4, 0.5) is 8.78 Å². The first kappa shape index (κ1) is 16.8. The van der Waals surface area contributed by atoms with Crippen LogP contribution in [0.5, 0.6) is 0 Å². The van der Waals surface area contributed by atoms with E-state index in [1.165, 1.54) is 27.0 Å². The predicted molar refractivity (Wildman–Crippen MR) is 66.3 cm³/mol. The van der Waals surface area contributed by atoms with E-state index in [-0.39, 0.29) is 18.0 Å². The van der Waals surface area contributed by atoms with Gasteiger partial charge < -0.3 is 10.5 Å². The minimum Gasteiger partial charge on any atom is -0.469 e. The van der Waals surface area contributed by atoms with E-state index in [2.05, 4.69) is 4.74 Å². The van der Waals surface area contributed by atoms with Gasteiger partial charge in [0.25, 0.3) is 0 Å². The molecule has 0 heterocycles. The van der Waals surface area contributed by atoms with E-state index in [0.717, 1.165) is 12.1 Å². The number of carbonyl (C=O) groups is 1. The molecule has 0 aliphatic heterocycles. The fourth-order valence-electron chi connectivity index (χ4n) is 1.56. The second-order valence-corrected chi connectivity index (χ2v) is 4.33. The van der Waals surface area contributed by atoms with Gasteiger partial charge in [-0.25, -0.2) is 8.78 Å². The quantitative estimate of drug-likeness (QED) is 0.865. The predicted octanol–water partition coefficient (Wildman–Crippen LogP) is 2.59. The molecule has 0 bridgehead atoms. The van der Waals surface area contributed by atoms with Crippen molar-refractivity contribution in [2.24, 2.45) is 11.1 Å². The molecule has 0 radical (unpaired) electrons. The zero-order valence-electron chi connectivity index (χ0n) is 10.4. The number of halogens is 3. The number of hydrogen-bond donors (Lipinski definition) is 1. The van der Waals surface area contributed by atoms with Gasteiger partial charge in [0.15, 0.2) is 0 Å². The third kappa shape index (κ3) is 2.97. The fourth-order valence-corrected chi connectivity index (χ4v) is 1.56. The maximum absolute atomic E-state index is 13.5. The molecule has 3 nitrogen and oxygen atoms in total. The van der Waals surface area contributed by atoms with Gasteiger partial charge in [0.2, 0.25) is 0 Å². The maximum atomic E-state index is 13.5. The number of ether oxygens (including phenoxy) is 1. The second kappa shape index (κ2) is 6.11. The second-order valence-electron chi connectivity index (χ2n) is 4.33. The maximum Gasteiger partial charge on any atom is 0.313 e. The minimum absolute atomic E-state index is 0. The average Bonchev–Trinajstić information content (AvgIpc) is 2.27. The van der Waals surface area contributed by atoms with E-state index in [1.54, 1.807) is 0 Å². The van der Waals surface area contributed by atoms with E-state index in [9.17, 15) is 13.6 Å². The van der Waals surface area contributed by atoms with Crippen LogP contribution in [0, 0.1) is 17.0 Å². The summed E-state index contributed by atoms with van der Waals surface area (Å²) < 4.78 is 31.6. The molecule has 0 amide bonds. The summed E-state index contributed by atoms with van der Waals surface area (Å²) in [6.45, 7) is 2.96. The zero-order valence-corrected chi connectivity index (χ0v) is 11.2. The first-order valence-corrected chi connectivity index (χ1v) is 5.10. The lowest BCUT2D eigenvalue weighted by molar-refractivity contribution is -0.152. The molecule has 2 N–H and O–H groups in total. The summed E-state index contributed by atoms with van der Waals surface area (Å²) in [6, 6.07) is 2.33. The molecular formula is C12H16ClF2NO2. The third-order valence-corrected chi connectivity index (χ3v) is 2.80. The number of hydrogen-bond acceptors (Lipinski definition) is 3. The molecule has 1 rings (SSSR count). The Balaban J connectivity index is 0.00000289. The highest BCUT2D eigenvalue weighted by Gasteiger charge is 2.39. The number of esters is 1. The Labute approximate surface area is 111 Å². The number of rotatable bonds is 3. The molecule has 0 saturated carbocycles. The average molecular weight is 280 g/mol. The number of carbonyl (C=O) groups excluding carboxylic acids is 1. The highest BCUT2D eigenvalue weighted by molar-refractivity contribution is 5.85. The first-order chi connectivity index (χ1) is 7.82. The highest BCUT2D eigenvalue weighted by atomic mass is 35.5. The SMILES string of the molecule is COC(=O)C(C)(C)[C@@H](N)c1c(F)cccc1F.Cl. The summed E-state index contributed by atoms with van der Waals surface area (Å²) >= 11 is 0. The van der Waals surface area contributed by atoms with Crippen LogP contribution in [0.3, 0.4) is 0 Å². The van der Waals surface area contributed by atoms with Gasteiger partial charge in [-0.1, -0.05) is 6.07 Å². The van der Waals surface area contributed by atoms with E-state index in [0.29, 0.717) is 0 Å². The van der Waals surface area contributed by atoms with Gasteiger partial charge in [-0.05, 0) is 26.0 Å². The van der Waals surface area contributed by atoms with Crippen molar-refractivity contribution in [2.45, 2.75) is 19.9 Å². The Morgan fingerprint density at radius 3 is 2.17 bits per heavy atom. The van der Waals surface area contributed by atoms with Crippen molar-refractivity contribution in [2.75, 3.05) is 7.11 Å². The van der Waals surface area contributed by atoms with Crippen molar-refractivity contribution in [3.05, 3.63) is 35.4 Å². The Bertz CT molecular complexity index is 418.